The van der Waals surface area contributed by atoms with Gasteiger partial charge in [-0.05, 0) is 41.2 Å². The van der Waals surface area contributed by atoms with Crippen LogP contribution in [0.4, 0.5) is 0 Å². The lowest BCUT2D eigenvalue weighted by atomic mass is 9.86. The predicted molar refractivity (Wildman–Crippen MR) is 117 cm³/mol. The number of benzene rings is 2. The minimum Gasteiger partial charge on any atom is -0.450 e. The van der Waals surface area contributed by atoms with Gasteiger partial charge >= 0.3 is 0 Å². The summed E-state index contributed by atoms with van der Waals surface area (Å²) < 4.78 is 5.88. The Kier molecular flexibility index (Phi) is 5.20. The van der Waals surface area contributed by atoms with Crippen LogP contribution in [0.1, 0.15) is 60.5 Å². The lowest BCUT2D eigenvalue weighted by molar-refractivity contribution is 0.0716. The smallest absolute Gasteiger partial charge is 0.290 e. The third kappa shape index (κ3) is 3.42. The highest BCUT2D eigenvalue weighted by molar-refractivity contribution is 6.31. The summed E-state index contributed by atoms with van der Waals surface area (Å²) in [6, 6.07) is 12.2. The standard InChI is InChI=1S/C24H24ClNO4/c1-24(2,3)15-7-5-14(6-8-15)20-19-21(28)17-13-16(25)9-10-18(17)30-22(19)23(29)26(20)11-4-12-27/h5-10,13,20,27H,4,11-12H2,1-3H3/t20-/m0/s1. The summed E-state index contributed by atoms with van der Waals surface area (Å²) in [5, 5.41) is 10.1. The zero-order valence-corrected chi connectivity index (χ0v) is 18.0. The van der Waals surface area contributed by atoms with Crippen LogP contribution in [0.15, 0.2) is 51.7 Å². The van der Waals surface area contributed by atoms with Crippen molar-refractivity contribution in [2.24, 2.45) is 0 Å². The van der Waals surface area contributed by atoms with E-state index in [2.05, 4.69) is 20.8 Å². The monoisotopic (exact) mass is 425 g/mol. The number of hydrogen-bond acceptors (Lipinski definition) is 4. The molecule has 0 aliphatic carbocycles. The van der Waals surface area contributed by atoms with Crippen LogP contribution in [-0.4, -0.2) is 29.1 Å². The molecule has 2 aromatic carbocycles. The van der Waals surface area contributed by atoms with E-state index in [1.165, 1.54) is 0 Å². The van der Waals surface area contributed by atoms with Crippen LogP contribution in [0.5, 0.6) is 0 Å². The second-order valence-electron chi connectivity index (χ2n) is 8.66. The van der Waals surface area contributed by atoms with E-state index in [1.54, 1.807) is 23.1 Å². The molecule has 1 amide bonds. The van der Waals surface area contributed by atoms with Gasteiger partial charge in [0.15, 0.2) is 5.43 Å². The van der Waals surface area contributed by atoms with E-state index in [0.29, 0.717) is 34.5 Å². The van der Waals surface area contributed by atoms with Crippen LogP contribution in [0.25, 0.3) is 11.0 Å². The van der Waals surface area contributed by atoms with E-state index in [9.17, 15) is 14.7 Å². The van der Waals surface area contributed by atoms with Crippen LogP contribution in [0.3, 0.4) is 0 Å². The van der Waals surface area contributed by atoms with Gasteiger partial charge in [0, 0.05) is 18.2 Å². The molecule has 1 atom stereocenters. The van der Waals surface area contributed by atoms with E-state index < -0.39 is 6.04 Å². The third-order valence-electron chi connectivity index (χ3n) is 5.58. The van der Waals surface area contributed by atoms with Crippen molar-refractivity contribution in [1.82, 2.24) is 4.90 Å². The highest BCUT2D eigenvalue weighted by Gasteiger charge is 2.42. The molecule has 0 radical (unpaired) electrons. The van der Waals surface area contributed by atoms with Crippen molar-refractivity contribution in [3.05, 3.63) is 80.2 Å². The molecule has 1 aliphatic heterocycles. The van der Waals surface area contributed by atoms with Crippen LogP contribution >= 0.6 is 11.6 Å². The second-order valence-corrected chi connectivity index (χ2v) is 9.10. The number of aliphatic hydroxyl groups excluding tert-OH is 1. The normalized spacial score (nSPS) is 16.4. The fraction of sp³-hybridized carbons (Fsp3) is 0.333. The number of carbonyl (C=O) groups is 1. The molecule has 3 aromatic rings. The molecule has 1 aromatic heterocycles. The first kappa shape index (κ1) is 20.6. The quantitative estimate of drug-likeness (QED) is 0.659. The predicted octanol–water partition coefficient (Wildman–Crippen LogP) is 4.67. The number of fused-ring (bicyclic) bond motifs is 2. The third-order valence-corrected chi connectivity index (χ3v) is 5.81. The highest BCUT2D eigenvalue weighted by atomic mass is 35.5. The van der Waals surface area contributed by atoms with E-state index in [-0.39, 0.29) is 29.1 Å². The van der Waals surface area contributed by atoms with E-state index in [1.807, 2.05) is 24.3 Å². The molecular formula is C24H24ClNO4. The Hall–Kier alpha value is -2.63. The van der Waals surface area contributed by atoms with Gasteiger partial charge in [0.25, 0.3) is 5.91 Å². The summed E-state index contributed by atoms with van der Waals surface area (Å²) >= 11 is 6.10. The lowest BCUT2D eigenvalue weighted by Crippen LogP contribution is -2.31. The van der Waals surface area contributed by atoms with Crippen molar-refractivity contribution in [2.45, 2.75) is 38.6 Å². The Labute approximate surface area is 179 Å². The van der Waals surface area contributed by atoms with Crippen molar-refractivity contribution in [3.63, 3.8) is 0 Å². The summed E-state index contributed by atoms with van der Waals surface area (Å²) in [5.41, 5.74) is 2.40. The number of aliphatic hydroxyl groups is 1. The van der Waals surface area contributed by atoms with Gasteiger partial charge in [0.1, 0.15) is 5.58 Å². The Morgan fingerprint density at radius 3 is 2.43 bits per heavy atom. The summed E-state index contributed by atoms with van der Waals surface area (Å²) in [6.07, 6.45) is 0.413. The molecule has 0 spiro atoms. The molecular weight excluding hydrogens is 402 g/mol. The SMILES string of the molecule is CC(C)(C)c1ccc([C@H]2c3c(oc4ccc(Cl)cc4c3=O)C(=O)N2CCCO)cc1. The maximum Gasteiger partial charge on any atom is 0.290 e. The van der Waals surface area contributed by atoms with Crippen LogP contribution < -0.4 is 5.43 Å². The molecule has 1 aliphatic rings. The summed E-state index contributed by atoms with van der Waals surface area (Å²) in [5.74, 6) is -0.269. The molecule has 5 nitrogen and oxygen atoms in total. The first-order valence-electron chi connectivity index (χ1n) is 10.0. The van der Waals surface area contributed by atoms with E-state index in [0.717, 1.165) is 11.1 Å². The number of carbonyl (C=O) groups excluding carboxylic acids is 1. The molecule has 156 valence electrons. The van der Waals surface area contributed by atoms with Crippen LogP contribution in [0, 0.1) is 0 Å². The van der Waals surface area contributed by atoms with Crippen molar-refractivity contribution in [2.75, 3.05) is 13.2 Å². The van der Waals surface area contributed by atoms with Gasteiger partial charge in [-0.15, -0.1) is 0 Å². The first-order chi connectivity index (χ1) is 14.2. The van der Waals surface area contributed by atoms with Crippen molar-refractivity contribution in [3.8, 4) is 0 Å². The molecule has 6 heteroatoms. The van der Waals surface area contributed by atoms with Gasteiger partial charge < -0.3 is 14.4 Å². The van der Waals surface area contributed by atoms with Gasteiger partial charge in [-0.25, -0.2) is 0 Å². The minimum absolute atomic E-state index is 0.00944. The highest BCUT2D eigenvalue weighted by Crippen LogP contribution is 2.39. The van der Waals surface area contributed by atoms with Crippen molar-refractivity contribution in [1.29, 1.82) is 0 Å². The maximum atomic E-state index is 13.4. The number of rotatable bonds is 4. The Balaban J connectivity index is 1.92. The lowest BCUT2D eigenvalue weighted by Gasteiger charge is -2.26. The Bertz CT molecular complexity index is 1170. The maximum absolute atomic E-state index is 13.4. The van der Waals surface area contributed by atoms with Crippen LogP contribution in [-0.2, 0) is 5.41 Å². The number of amides is 1. The Morgan fingerprint density at radius 2 is 1.80 bits per heavy atom. The summed E-state index contributed by atoms with van der Waals surface area (Å²) in [6.45, 7) is 6.67. The molecule has 0 bridgehead atoms. The van der Waals surface area contributed by atoms with Gasteiger partial charge in [-0.2, -0.15) is 0 Å². The summed E-state index contributed by atoms with van der Waals surface area (Å²) in [4.78, 5) is 28.2. The molecule has 0 saturated heterocycles. The molecule has 0 fully saturated rings. The molecule has 4 rings (SSSR count). The topological polar surface area (TPSA) is 70.8 Å². The van der Waals surface area contributed by atoms with E-state index in [4.69, 9.17) is 16.0 Å². The van der Waals surface area contributed by atoms with Gasteiger partial charge in [-0.3, -0.25) is 9.59 Å². The summed E-state index contributed by atoms with van der Waals surface area (Å²) in [7, 11) is 0. The number of halogens is 1. The van der Waals surface area contributed by atoms with E-state index >= 15 is 0 Å². The molecule has 30 heavy (non-hydrogen) atoms. The molecule has 1 N–H and O–H groups in total. The van der Waals surface area contributed by atoms with Crippen molar-refractivity contribution < 1.29 is 14.3 Å². The van der Waals surface area contributed by atoms with Gasteiger partial charge in [-0.1, -0.05) is 56.6 Å². The molecule has 0 unspecified atom stereocenters. The molecule has 0 saturated carbocycles. The van der Waals surface area contributed by atoms with Crippen LogP contribution in [0.2, 0.25) is 5.02 Å². The zero-order chi connectivity index (χ0) is 21.6. The largest absolute Gasteiger partial charge is 0.450 e. The zero-order valence-electron chi connectivity index (χ0n) is 17.2. The van der Waals surface area contributed by atoms with Gasteiger partial charge in [0.2, 0.25) is 5.76 Å². The fourth-order valence-electron chi connectivity index (χ4n) is 3.98. The minimum atomic E-state index is -0.562. The van der Waals surface area contributed by atoms with Crippen molar-refractivity contribution >= 4 is 28.5 Å². The molecule has 2 heterocycles. The Morgan fingerprint density at radius 1 is 1.10 bits per heavy atom. The first-order valence-corrected chi connectivity index (χ1v) is 10.4. The van der Waals surface area contributed by atoms with Gasteiger partial charge in [0.05, 0.1) is 17.0 Å². The average molecular weight is 426 g/mol. The number of nitrogens with zero attached hydrogens (tertiary/aromatic N) is 1. The second kappa shape index (κ2) is 7.56. The average Bonchev–Trinajstić information content (AvgIpc) is 2.98. The number of hydrogen-bond donors (Lipinski definition) is 1. The fourth-order valence-corrected chi connectivity index (χ4v) is 4.15.